The van der Waals surface area contributed by atoms with Crippen molar-refractivity contribution >= 4 is 16.5 Å². The normalized spacial score (nSPS) is 9.57. The topological polar surface area (TPSA) is 24.9 Å². The van der Waals surface area contributed by atoms with Crippen molar-refractivity contribution in [3.63, 3.8) is 0 Å². The van der Waals surface area contributed by atoms with E-state index in [1.807, 2.05) is 20.2 Å². The molecule has 0 aliphatic rings. The first-order valence-electron chi connectivity index (χ1n) is 4.34. The molecule has 0 bridgehead atoms. The van der Waals surface area contributed by atoms with Gasteiger partial charge in [0.2, 0.25) is 0 Å². The van der Waals surface area contributed by atoms with Gasteiger partial charge in [0.05, 0.1) is 0 Å². The third-order valence-corrected chi connectivity index (χ3v) is 2.15. The van der Waals surface area contributed by atoms with Crippen LogP contribution in [0, 0.1) is 6.92 Å². The first-order valence-corrected chi connectivity index (χ1v) is 4.34. The standard InChI is InChI=1S/C11H12N2.CH4/c1-8-5-9-3-4-11(12-2)6-10(9)7-13-8;/h3-7,12H,1-2H3;1H4. The first-order chi connectivity index (χ1) is 6.29. The fourth-order valence-electron chi connectivity index (χ4n) is 1.41. The second-order valence-electron chi connectivity index (χ2n) is 3.14. The molecule has 0 spiro atoms. The SMILES string of the molecule is C.CNc1ccc2cc(C)ncc2c1. The second kappa shape index (κ2) is 4.09. The minimum atomic E-state index is 0. The van der Waals surface area contributed by atoms with Crippen LogP contribution in [0.3, 0.4) is 0 Å². The van der Waals surface area contributed by atoms with E-state index in [2.05, 4.69) is 34.6 Å². The van der Waals surface area contributed by atoms with Crippen LogP contribution >= 0.6 is 0 Å². The Balaban J connectivity index is 0.000000980. The van der Waals surface area contributed by atoms with E-state index in [9.17, 15) is 0 Å². The molecule has 14 heavy (non-hydrogen) atoms. The maximum Gasteiger partial charge on any atom is 0.0379 e. The number of aromatic nitrogens is 1. The number of pyridine rings is 1. The summed E-state index contributed by atoms with van der Waals surface area (Å²) in [5.41, 5.74) is 2.18. The van der Waals surface area contributed by atoms with Gasteiger partial charge in [0.25, 0.3) is 0 Å². The average molecular weight is 188 g/mol. The Bertz CT molecular complexity index is 435. The lowest BCUT2D eigenvalue weighted by Crippen LogP contribution is -1.88. The molecule has 74 valence electrons. The summed E-state index contributed by atoms with van der Waals surface area (Å²) in [5.74, 6) is 0. The van der Waals surface area contributed by atoms with Crippen LogP contribution in [0.25, 0.3) is 10.8 Å². The Morgan fingerprint density at radius 2 is 1.93 bits per heavy atom. The summed E-state index contributed by atoms with van der Waals surface area (Å²) in [6.07, 6.45) is 1.91. The van der Waals surface area contributed by atoms with Crippen LogP contribution < -0.4 is 5.32 Å². The van der Waals surface area contributed by atoms with Crippen LogP contribution in [0.15, 0.2) is 30.5 Å². The lowest BCUT2D eigenvalue weighted by atomic mass is 10.1. The van der Waals surface area contributed by atoms with E-state index in [1.165, 1.54) is 10.8 Å². The fraction of sp³-hybridized carbons (Fsp3) is 0.250. The average Bonchev–Trinajstić information content (AvgIpc) is 2.17. The number of hydrogen-bond donors (Lipinski definition) is 1. The van der Waals surface area contributed by atoms with Gasteiger partial charge in [-0.25, -0.2) is 0 Å². The number of nitrogens with one attached hydrogen (secondary N) is 1. The van der Waals surface area contributed by atoms with Crippen molar-refractivity contribution in [2.75, 3.05) is 12.4 Å². The lowest BCUT2D eigenvalue weighted by Gasteiger charge is -2.02. The van der Waals surface area contributed by atoms with Crippen molar-refractivity contribution in [3.05, 3.63) is 36.2 Å². The van der Waals surface area contributed by atoms with Gasteiger partial charge < -0.3 is 5.32 Å². The molecule has 1 aromatic carbocycles. The largest absolute Gasteiger partial charge is 0.388 e. The minimum Gasteiger partial charge on any atom is -0.388 e. The predicted molar refractivity (Wildman–Crippen MR) is 62.8 cm³/mol. The highest BCUT2D eigenvalue weighted by Crippen LogP contribution is 2.18. The summed E-state index contributed by atoms with van der Waals surface area (Å²) in [4.78, 5) is 4.25. The Morgan fingerprint density at radius 1 is 1.14 bits per heavy atom. The van der Waals surface area contributed by atoms with Gasteiger partial charge in [-0.15, -0.1) is 0 Å². The molecule has 2 aromatic rings. The fourth-order valence-corrected chi connectivity index (χ4v) is 1.41. The molecule has 1 aromatic heterocycles. The lowest BCUT2D eigenvalue weighted by molar-refractivity contribution is 1.22. The molecule has 0 aliphatic heterocycles. The van der Waals surface area contributed by atoms with E-state index >= 15 is 0 Å². The number of hydrogen-bond acceptors (Lipinski definition) is 2. The van der Waals surface area contributed by atoms with Crippen molar-refractivity contribution < 1.29 is 0 Å². The van der Waals surface area contributed by atoms with Crippen molar-refractivity contribution in [1.29, 1.82) is 0 Å². The molecule has 0 amide bonds. The van der Waals surface area contributed by atoms with E-state index < -0.39 is 0 Å². The van der Waals surface area contributed by atoms with Crippen LogP contribution in [0.4, 0.5) is 5.69 Å². The number of benzene rings is 1. The monoisotopic (exact) mass is 188 g/mol. The minimum absolute atomic E-state index is 0. The van der Waals surface area contributed by atoms with E-state index in [0.717, 1.165) is 11.4 Å². The maximum absolute atomic E-state index is 4.25. The zero-order chi connectivity index (χ0) is 9.26. The van der Waals surface area contributed by atoms with E-state index in [0.29, 0.717) is 0 Å². The zero-order valence-corrected chi connectivity index (χ0v) is 7.83. The molecule has 0 saturated heterocycles. The highest BCUT2D eigenvalue weighted by Gasteiger charge is 1.95. The van der Waals surface area contributed by atoms with E-state index in [1.54, 1.807) is 0 Å². The van der Waals surface area contributed by atoms with Crippen molar-refractivity contribution in [3.8, 4) is 0 Å². The van der Waals surface area contributed by atoms with Gasteiger partial charge >= 0.3 is 0 Å². The third kappa shape index (κ3) is 1.84. The number of fused-ring (bicyclic) bond motifs is 1. The molecule has 1 heterocycles. The molecular formula is C12H16N2. The van der Waals surface area contributed by atoms with E-state index in [4.69, 9.17) is 0 Å². The zero-order valence-electron chi connectivity index (χ0n) is 7.83. The number of aryl methyl sites for hydroxylation is 1. The van der Waals surface area contributed by atoms with Crippen LogP contribution in [-0.4, -0.2) is 12.0 Å². The van der Waals surface area contributed by atoms with Gasteiger partial charge in [-0.1, -0.05) is 13.5 Å². The van der Waals surface area contributed by atoms with Crippen LogP contribution in [0.2, 0.25) is 0 Å². The van der Waals surface area contributed by atoms with E-state index in [-0.39, 0.29) is 7.43 Å². The van der Waals surface area contributed by atoms with Gasteiger partial charge in [-0.3, -0.25) is 4.98 Å². The molecule has 0 fully saturated rings. The molecule has 0 atom stereocenters. The summed E-state index contributed by atoms with van der Waals surface area (Å²) in [5, 5.41) is 5.53. The summed E-state index contributed by atoms with van der Waals surface area (Å²) < 4.78 is 0. The van der Waals surface area contributed by atoms with Gasteiger partial charge in [-0.2, -0.15) is 0 Å². The number of rotatable bonds is 1. The molecule has 0 unspecified atom stereocenters. The highest BCUT2D eigenvalue weighted by molar-refractivity contribution is 5.85. The number of anilines is 1. The highest BCUT2D eigenvalue weighted by atomic mass is 14.8. The quantitative estimate of drug-likeness (QED) is 0.743. The Kier molecular flexibility index (Phi) is 3.07. The van der Waals surface area contributed by atoms with Gasteiger partial charge in [-0.05, 0) is 30.5 Å². The summed E-state index contributed by atoms with van der Waals surface area (Å²) >= 11 is 0. The summed E-state index contributed by atoms with van der Waals surface area (Å²) in [7, 11) is 1.92. The molecule has 2 rings (SSSR count). The first kappa shape index (κ1) is 10.5. The molecule has 0 saturated carbocycles. The van der Waals surface area contributed by atoms with Crippen molar-refractivity contribution in [1.82, 2.24) is 4.98 Å². The van der Waals surface area contributed by atoms with Crippen LogP contribution in [0.1, 0.15) is 13.1 Å². The summed E-state index contributed by atoms with van der Waals surface area (Å²) in [6, 6.07) is 8.37. The Morgan fingerprint density at radius 3 is 2.64 bits per heavy atom. The maximum atomic E-state index is 4.25. The molecule has 0 aliphatic carbocycles. The molecular weight excluding hydrogens is 172 g/mol. The van der Waals surface area contributed by atoms with Gasteiger partial charge in [0.1, 0.15) is 0 Å². The molecule has 1 N–H and O–H groups in total. The van der Waals surface area contributed by atoms with Crippen molar-refractivity contribution in [2.24, 2.45) is 0 Å². The Labute approximate surface area is 85.0 Å². The van der Waals surface area contributed by atoms with Crippen LogP contribution in [-0.2, 0) is 0 Å². The predicted octanol–water partition coefficient (Wildman–Crippen LogP) is 3.22. The molecule has 0 radical (unpaired) electrons. The molecule has 2 nitrogen and oxygen atoms in total. The Hall–Kier alpha value is -1.57. The van der Waals surface area contributed by atoms with Crippen molar-refractivity contribution in [2.45, 2.75) is 14.4 Å². The van der Waals surface area contributed by atoms with Gasteiger partial charge in [0.15, 0.2) is 0 Å². The molecule has 2 heteroatoms. The number of nitrogens with zero attached hydrogens (tertiary/aromatic N) is 1. The summed E-state index contributed by atoms with van der Waals surface area (Å²) in [6.45, 7) is 2.01. The third-order valence-electron chi connectivity index (χ3n) is 2.15. The van der Waals surface area contributed by atoms with Crippen LogP contribution in [0.5, 0.6) is 0 Å². The second-order valence-corrected chi connectivity index (χ2v) is 3.14. The van der Waals surface area contributed by atoms with Gasteiger partial charge in [0, 0.05) is 30.0 Å². The smallest absolute Gasteiger partial charge is 0.0379 e.